The quantitative estimate of drug-likeness (QED) is 0.0453. The smallest absolute Gasteiger partial charge is 0.335 e. The molecule has 11 nitrogen and oxygen atoms in total. The lowest BCUT2D eigenvalue weighted by molar-refractivity contribution is -0.385. The maximum absolute atomic E-state index is 13.6. The molecule has 0 spiro atoms. The fourth-order valence-corrected chi connectivity index (χ4v) is 5.84. The van der Waals surface area contributed by atoms with Crippen LogP contribution in [0.3, 0.4) is 0 Å². The molecule has 1 atom stereocenters. The molecule has 0 aliphatic carbocycles. The number of nitro benzene ring substituents is 1. The predicted octanol–water partition coefficient (Wildman–Crippen LogP) is 7.48. The molecule has 0 aromatic heterocycles. The van der Waals surface area contributed by atoms with E-state index in [1.165, 1.54) is 48.2 Å². The molecule has 0 fully saturated rings. The van der Waals surface area contributed by atoms with Crippen LogP contribution in [0.25, 0.3) is 6.08 Å². The topological polar surface area (TPSA) is 168 Å². The highest BCUT2D eigenvalue weighted by Gasteiger charge is 2.24. The molecule has 3 amide bonds. The molecule has 1 unspecified atom stereocenters. The Kier molecular flexibility index (Phi) is 11.2. The summed E-state index contributed by atoms with van der Waals surface area (Å²) >= 11 is 1.26. The number of carboxylic acids is 1. The van der Waals surface area contributed by atoms with Gasteiger partial charge in [-0.25, -0.2) is 4.79 Å². The van der Waals surface area contributed by atoms with Gasteiger partial charge in [0.1, 0.15) is 10.9 Å². The van der Waals surface area contributed by atoms with Gasteiger partial charge in [-0.1, -0.05) is 66.7 Å². The highest BCUT2D eigenvalue weighted by Crippen LogP contribution is 2.37. The predicted molar refractivity (Wildman–Crippen MR) is 192 cm³/mol. The van der Waals surface area contributed by atoms with E-state index in [0.29, 0.717) is 21.8 Å². The van der Waals surface area contributed by atoms with Crippen molar-refractivity contribution < 1.29 is 29.2 Å². The number of anilines is 2. The van der Waals surface area contributed by atoms with Gasteiger partial charge in [0.15, 0.2) is 0 Å². The molecule has 0 aliphatic rings. The van der Waals surface area contributed by atoms with Crippen LogP contribution in [0.5, 0.6) is 0 Å². The number of hydrogen-bond donors (Lipinski definition) is 4. The van der Waals surface area contributed by atoms with Crippen molar-refractivity contribution in [3.05, 3.63) is 171 Å². The molecular formula is C38H30N4O7S. The molecule has 250 valence electrons. The van der Waals surface area contributed by atoms with Crippen molar-refractivity contribution in [2.75, 3.05) is 10.6 Å². The minimum absolute atomic E-state index is 0.0482. The third-order valence-corrected chi connectivity index (χ3v) is 8.68. The number of aryl methyl sites for hydroxylation is 1. The van der Waals surface area contributed by atoms with Gasteiger partial charge in [0.2, 0.25) is 5.91 Å². The summed E-state index contributed by atoms with van der Waals surface area (Å²) in [5.74, 6) is -2.76. The normalized spacial score (nSPS) is 11.6. The van der Waals surface area contributed by atoms with Crippen LogP contribution in [-0.2, 0) is 9.59 Å². The molecule has 5 aromatic carbocycles. The van der Waals surface area contributed by atoms with Crippen molar-refractivity contribution >= 4 is 58.6 Å². The number of carbonyl (C=O) groups is 4. The number of carboxylic acid groups (broad SMARTS) is 1. The van der Waals surface area contributed by atoms with Crippen LogP contribution < -0.4 is 16.0 Å². The third kappa shape index (κ3) is 8.88. The van der Waals surface area contributed by atoms with E-state index in [0.717, 1.165) is 5.56 Å². The van der Waals surface area contributed by atoms with Crippen molar-refractivity contribution in [1.29, 1.82) is 0 Å². The third-order valence-electron chi connectivity index (χ3n) is 7.41. The number of nitrogens with one attached hydrogen (secondary N) is 3. The lowest BCUT2D eigenvalue weighted by Gasteiger charge is -2.18. The summed E-state index contributed by atoms with van der Waals surface area (Å²) in [6.45, 7) is 1.77. The van der Waals surface area contributed by atoms with Gasteiger partial charge < -0.3 is 21.1 Å². The zero-order chi connectivity index (χ0) is 35.6. The molecule has 50 heavy (non-hydrogen) atoms. The Labute approximate surface area is 291 Å². The summed E-state index contributed by atoms with van der Waals surface area (Å²) in [4.78, 5) is 63.4. The Balaban J connectivity index is 1.37. The summed E-state index contributed by atoms with van der Waals surface area (Å²) in [7, 11) is 0. The van der Waals surface area contributed by atoms with E-state index in [1.54, 1.807) is 73.7 Å². The maximum atomic E-state index is 13.6. The van der Waals surface area contributed by atoms with Gasteiger partial charge in [0, 0.05) is 27.9 Å². The average Bonchev–Trinajstić information content (AvgIpc) is 3.12. The molecule has 0 saturated carbocycles. The lowest BCUT2D eigenvalue weighted by Crippen LogP contribution is -2.30. The van der Waals surface area contributed by atoms with Crippen molar-refractivity contribution in [3.8, 4) is 0 Å². The molecule has 0 heterocycles. The number of amides is 3. The number of thioether (sulfide) groups is 1. The Morgan fingerprint density at radius 2 is 1.42 bits per heavy atom. The van der Waals surface area contributed by atoms with E-state index in [-0.39, 0.29) is 34.0 Å². The fraction of sp³-hybridized carbons (Fsp3) is 0.0526. The second-order valence-electron chi connectivity index (χ2n) is 10.9. The number of aromatic carboxylic acids is 1. The second-order valence-corrected chi connectivity index (χ2v) is 12.1. The van der Waals surface area contributed by atoms with E-state index in [9.17, 15) is 34.4 Å². The molecule has 0 aliphatic heterocycles. The summed E-state index contributed by atoms with van der Waals surface area (Å²) < 4.78 is 0. The van der Waals surface area contributed by atoms with Crippen LogP contribution in [0.15, 0.2) is 138 Å². The molecule has 0 saturated heterocycles. The van der Waals surface area contributed by atoms with Crippen LogP contribution in [0.4, 0.5) is 17.1 Å². The minimum Gasteiger partial charge on any atom is -0.478 e. The number of rotatable bonds is 12. The van der Waals surface area contributed by atoms with Crippen molar-refractivity contribution in [1.82, 2.24) is 5.32 Å². The SMILES string of the molecule is Cc1ccc(C(=O)O)cc1NC(=O)C(Sc1ccc(NC(=O)/C(=C/c2ccccc2[N+](=O)[O-])NC(=O)c2ccccc2)cc1)c1ccccc1. The van der Waals surface area contributed by atoms with Crippen molar-refractivity contribution in [2.45, 2.75) is 17.1 Å². The molecule has 5 aromatic rings. The molecule has 4 N–H and O–H groups in total. The van der Waals surface area contributed by atoms with E-state index in [1.807, 2.05) is 30.3 Å². The Morgan fingerprint density at radius 1 is 0.780 bits per heavy atom. The van der Waals surface area contributed by atoms with E-state index in [4.69, 9.17) is 0 Å². The van der Waals surface area contributed by atoms with Crippen LogP contribution in [0.2, 0.25) is 0 Å². The van der Waals surface area contributed by atoms with Crippen LogP contribution in [0, 0.1) is 17.0 Å². The Bertz CT molecular complexity index is 2090. The number of benzene rings is 5. The van der Waals surface area contributed by atoms with Gasteiger partial charge in [-0.15, -0.1) is 11.8 Å². The monoisotopic (exact) mass is 686 g/mol. The highest BCUT2D eigenvalue weighted by atomic mass is 32.2. The van der Waals surface area contributed by atoms with Crippen LogP contribution in [-0.4, -0.2) is 33.7 Å². The average molecular weight is 687 g/mol. The van der Waals surface area contributed by atoms with E-state index in [2.05, 4.69) is 16.0 Å². The first-order chi connectivity index (χ1) is 24.1. The largest absolute Gasteiger partial charge is 0.478 e. The van der Waals surface area contributed by atoms with Crippen LogP contribution in [0.1, 0.15) is 42.7 Å². The maximum Gasteiger partial charge on any atom is 0.335 e. The number of nitrogens with zero attached hydrogens (tertiary/aromatic N) is 1. The summed E-state index contributed by atoms with van der Waals surface area (Å²) in [5, 5.41) is 28.5. The van der Waals surface area contributed by atoms with E-state index < -0.39 is 28.0 Å². The lowest BCUT2D eigenvalue weighted by atomic mass is 10.1. The number of carbonyl (C=O) groups excluding carboxylic acids is 3. The van der Waals surface area contributed by atoms with E-state index >= 15 is 0 Å². The molecule has 0 bridgehead atoms. The van der Waals surface area contributed by atoms with Gasteiger partial charge in [0.25, 0.3) is 17.5 Å². The fourth-order valence-electron chi connectivity index (χ4n) is 4.81. The van der Waals surface area contributed by atoms with Gasteiger partial charge >= 0.3 is 5.97 Å². The van der Waals surface area contributed by atoms with Gasteiger partial charge in [0.05, 0.1) is 16.1 Å². The van der Waals surface area contributed by atoms with Crippen LogP contribution >= 0.6 is 11.8 Å². The second kappa shape index (κ2) is 16.0. The molecule has 5 rings (SSSR count). The standard InChI is InChI=1S/C38H30N4O7S/c1-24-16-17-28(38(46)47)23-31(24)40-37(45)34(25-10-4-2-5-11-25)50-30-20-18-29(19-21-30)39-36(44)32(41-35(43)26-12-6-3-7-13-26)22-27-14-8-9-15-33(27)42(48)49/h2-23,34H,1H3,(H,39,44)(H,40,45)(H,41,43)(H,46,47)/b32-22-. The number of nitro groups is 1. The van der Waals surface area contributed by atoms with Crippen molar-refractivity contribution in [2.24, 2.45) is 0 Å². The number of para-hydroxylation sites is 1. The summed E-state index contributed by atoms with van der Waals surface area (Å²) in [6.07, 6.45) is 1.25. The Morgan fingerprint density at radius 3 is 2.08 bits per heavy atom. The zero-order valence-electron chi connectivity index (χ0n) is 26.5. The summed E-state index contributed by atoms with van der Waals surface area (Å²) in [6, 6.07) is 34.4. The minimum atomic E-state index is -1.11. The van der Waals surface area contributed by atoms with Gasteiger partial charge in [-0.2, -0.15) is 0 Å². The summed E-state index contributed by atoms with van der Waals surface area (Å²) in [5.41, 5.74) is 2.18. The highest BCUT2D eigenvalue weighted by molar-refractivity contribution is 8.00. The Hall–Kier alpha value is -6.53. The molecule has 12 heteroatoms. The zero-order valence-corrected chi connectivity index (χ0v) is 27.3. The number of hydrogen-bond acceptors (Lipinski definition) is 7. The first kappa shape index (κ1) is 34.8. The van der Waals surface area contributed by atoms with Crippen molar-refractivity contribution in [3.63, 3.8) is 0 Å². The first-order valence-electron chi connectivity index (χ1n) is 15.2. The van der Waals surface area contributed by atoms with Gasteiger partial charge in [-0.05, 0) is 78.7 Å². The molecule has 0 radical (unpaired) electrons. The molecular weight excluding hydrogens is 657 g/mol. The van der Waals surface area contributed by atoms with Gasteiger partial charge in [-0.3, -0.25) is 24.5 Å². The first-order valence-corrected chi connectivity index (χ1v) is 16.1.